The zero-order chi connectivity index (χ0) is 21.4. The van der Waals surface area contributed by atoms with Crippen molar-refractivity contribution >= 4 is 28.7 Å². The summed E-state index contributed by atoms with van der Waals surface area (Å²) in [4.78, 5) is 31.2. The minimum Gasteiger partial charge on any atom is -0.469 e. The summed E-state index contributed by atoms with van der Waals surface area (Å²) in [6.07, 6.45) is 2.97. The molecule has 0 fully saturated rings. The smallest absolute Gasteiger partial charge is 0.336 e. The molecular weight excluding hydrogens is 390 g/mol. The first-order chi connectivity index (χ1) is 14.0. The van der Waals surface area contributed by atoms with Crippen molar-refractivity contribution in [3.05, 3.63) is 48.1 Å². The first-order valence-corrected chi connectivity index (χ1v) is 10.4. The van der Waals surface area contributed by atoms with Crippen LogP contribution in [0.5, 0.6) is 0 Å². The molecule has 2 rings (SSSR count). The predicted octanol–water partition coefficient (Wildman–Crippen LogP) is 3.52. The van der Waals surface area contributed by atoms with Crippen molar-refractivity contribution in [3.8, 4) is 6.07 Å². The van der Waals surface area contributed by atoms with Crippen LogP contribution in [0.2, 0.25) is 0 Å². The molecule has 0 aliphatic carbocycles. The quantitative estimate of drug-likeness (QED) is 0.476. The van der Waals surface area contributed by atoms with Crippen molar-refractivity contribution in [2.24, 2.45) is 10.9 Å². The van der Waals surface area contributed by atoms with Gasteiger partial charge in [-0.15, -0.1) is 0 Å². The van der Waals surface area contributed by atoms with E-state index in [1.54, 1.807) is 24.0 Å². The highest BCUT2D eigenvalue weighted by molar-refractivity contribution is 8.14. The summed E-state index contributed by atoms with van der Waals surface area (Å²) in [6, 6.07) is 5.66. The van der Waals surface area contributed by atoms with Gasteiger partial charge in [0, 0.05) is 18.8 Å². The third-order valence-electron chi connectivity index (χ3n) is 4.58. The van der Waals surface area contributed by atoms with Gasteiger partial charge in [0.2, 0.25) is 5.91 Å². The van der Waals surface area contributed by atoms with Crippen LogP contribution < -0.4 is 0 Å². The molecule has 1 aliphatic rings. The van der Waals surface area contributed by atoms with Crippen molar-refractivity contribution in [2.75, 3.05) is 25.4 Å². The van der Waals surface area contributed by atoms with E-state index in [0.29, 0.717) is 29.6 Å². The molecule has 1 unspecified atom stereocenters. The Morgan fingerprint density at radius 1 is 1.45 bits per heavy atom. The summed E-state index contributed by atoms with van der Waals surface area (Å²) in [5.74, 6) is -1.35. The molecule has 0 saturated heterocycles. The molecule has 0 aromatic carbocycles. The molecule has 1 aliphatic heterocycles. The lowest BCUT2D eigenvalue weighted by atomic mass is 9.82. The van der Waals surface area contributed by atoms with E-state index in [2.05, 4.69) is 17.6 Å². The van der Waals surface area contributed by atoms with Crippen LogP contribution in [0, 0.1) is 17.2 Å². The van der Waals surface area contributed by atoms with Crippen LogP contribution in [0.15, 0.2) is 51.7 Å². The van der Waals surface area contributed by atoms with Gasteiger partial charge in [0.15, 0.2) is 0 Å². The number of carbonyl (C=O) groups excluding carboxylic acids is 2. The van der Waals surface area contributed by atoms with Crippen molar-refractivity contribution < 1.29 is 18.7 Å². The SMILES string of the molecule is C=CCOC(=O)C1=C(C)N=C(SCC(=O)N(CC)CC)C(C#N)[C@H]1c1ccco1. The number of thioether (sulfide) groups is 1. The molecule has 154 valence electrons. The van der Waals surface area contributed by atoms with Gasteiger partial charge in [0.1, 0.15) is 18.3 Å². The van der Waals surface area contributed by atoms with E-state index >= 15 is 0 Å². The summed E-state index contributed by atoms with van der Waals surface area (Å²) in [5.41, 5.74) is 0.734. The number of rotatable bonds is 8. The zero-order valence-corrected chi connectivity index (χ0v) is 17.7. The Morgan fingerprint density at radius 2 is 2.17 bits per heavy atom. The number of nitrogens with zero attached hydrogens (tertiary/aromatic N) is 3. The number of furan rings is 1. The first kappa shape index (κ1) is 22.5. The lowest BCUT2D eigenvalue weighted by Crippen LogP contribution is -2.34. The van der Waals surface area contributed by atoms with Crippen molar-refractivity contribution in [3.63, 3.8) is 0 Å². The first-order valence-electron chi connectivity index (χ1n) is 9.39. The number of ether oxygens (including phenoxy) is 1. The molecule has 2 heterocycles. The van der Waals surface area contributed by atoms with Gasteiger partial charge in [-0.05, 0) is 32.9 Å². The Kier molecular flexibility index (Phi) is 8.28. The van der Waals surface area contributed by atoms with Crippen LogP contribution in [0.3, 0.4) is 0 Å². The topological polar surface area (TPSA) is 95.9 Å². The molecule has 0 bridgehead atoms. The maximum Gasteiger partial charge on any atom is 0.336 e. The van der Waals surface area contributed by atoms with Gasteiger partial charge in [-0.25, -0.2) is 9.79 Å². The second kappa shape index (κ2) is 10.7. The predicted molar refractivity (Wildman–Crippen MR) is 112 cm³/mol. The van der Waals surface area contributed by atoms with E-state index in [0.717, 1.165) is 0 Å². The molecule has 0 spiro atoms. The molecule has 1 aromatic heterocycles. The fourth-order valence-corrected chi connectivity index (χ4v) is 4.17. The van der Waals surface area contributed by atoms with Crippen LogP contribution >= 0.6 is 11.8 Å². The van der Waals surface area contributed by atoms with Crippen LogP contribution in [0.4, 0.5) is 0 Å². The number of allylic oxidation sites excluding steroid dienone is 1. The van der Waals surface area contributed by atoms with Crippen LogP contribution in [0.1, 0.15) is 32.4 Å². The summed E-state index contributed by atoms with van der Waals surface area (Å²) in [5, 5.41) is 10.4. The highest BCUT2D eigenvalue weighted by atomic mass is 32.2. The highest BCUT2D eigenvalue weighted by Gasteiger charge is 2.41. The third kappa shape index (κ3) is 5.18. The largest absolute Gasteiger partial charge is 0.469 e. The van der Waals surface area contributed by atoms with Gasteiger partial charge in [-0.1, -0.05) is 24.4 Å². The van der Waals surface area contributed by atoms with E-state index in [-0.39, 0.29) is 23.8 Å². The van der Waals surface area contributed by atoms with Crippen LogP contribution in [-0.2, 0) is 14.3 Å². The monoisotopic (exact) mass is 415 g/mol. The molecule has 0 radical (unpaired) electrons. The summed E-state index contributed by atoms with van der Waals surface area (Å²) in [7, 11) is 0. The lowest BCUT2D eigenvalue weighted by molar-refractivity contribution is -0.138. The Bertz CT molecular complexity index is 848. The minimum atomic E-state index is -0.759. The molecule has 29 heavy (non-hydrogen) atoms. The van der Waals surface area contributed by atoms with E-state index < -0.39 is 17.8 Å². The molecule has 8 heteroatoms. The second-order valence-corrected chi connectivity index (χ2v) is 7.29. The van der Waals surface area contributed by atoms with Crippen molar-refractivity contribution in [2.45, 2.75) is 26.7 Å². The zero-order valence-electron chi connectivity index (χ0n) is 16.9. The minimum absolute atomic E-state index is 0.0215. The average molecular weight is 416 g/mol. The van der Waals surface area contributed by atoms with Gasteiger partial charge in [0.05, 0.1) is 34.6 Å². The number of hydrogen-bond donors (Lipinski definition) is 0. The number of esters is 1. The van der Waals surface area contributed by atoms with Crippen molar-refractivity contribution in [1.29, 1.82) is 5.26 Å². The second-order valence-electron chi connectivity index (χ2n) is 6.29. The van der Waals surface area contributed by atoms with Gasteiger partial charge < -0.3 is 14.1 Å². The number of hydrogen-bond acceptors (Lipinski definition) is 7. The summed E-state index contributed by atoms with van der Waals surface area (Å²) >= 11 is 1.23. The molecule has 7 nitrogen and oxygen atoms in total. The van der Waals surface area contributed by atoms with Gasteiger partial charge in [-0.2, -0.15) is 5.26 Å². The Hall–Kier alpha value is -2.79. The number of aliphatic imine (C=N–C) groups is 1. The number of nitriles is 1. The van der Waals surface area contributed by atoms with Crippen molar-refractivity contribution in [1.82, 2.24) is 4.90 Å². The molecule has 1 amide bonds. The van der Waals surface area contributed by atoms with Gasteiger partial charge >= 0.3 is 5.97 Å². The number of carbonyl (C=O) groups is 2. The molecule has 0 saturated carbocycles. The van der Waals surface area contributed by atoms with E-state index in [1.165, 1.54) is 24.1 Å². The normalized spacial score (nSPS) is 18.6. The summed E-state index contributed by atoms with van der Waals surface area (Å²) < 4.78 is 10.7. The van der Waals surface area contributed by atoms with E-state index in [1.807, 2.05) is 13.8 Å². The Labute approximate surface area is 175 Å². The standard InChI is InChI=1S/C21H25N3O4S/c1-5-10-28-21(26)18-14(4)23-20(29-13-17(25)24(6-2)7-3)15(12-22)19(18)16-9-8-11-27-16/h5,8-9,11,15,19H,1,6-7,10,13H2,2-4H3/t15?,19-/m0/s1. The maximum absolute atomic E-state index is 12.7. The fourth-order valence-electron chi connectivity index (χ4n) is 3.15. The molecular formula is C21H25N3O4S. The highest BCUT2D eigenvalue weighted by Crippen LogP contribution is 2.41. The van der Waals surface area contributed by atoms with Crippen LogP contribution in [-0.4, -0.2) is 47.3 Å². The molecule has 0 N–H and O–H groups in total. The fraction of sp³-hybridized carbons (Fsp3) is 0.429. The Balaban J connectivity index is 2.38. The maximum atomic E-state index is 12.7. The molecule has 2 atom stereocenters. The lowest BCUT2D eigenvalue weighted by Gasteiger charge is -2.28. The third-order valence-corrected chi connectivity index (χ3v) is 5.61. The number of amides is 1. The van der Waals surface area contributed by atoms with Gasteiger partial charge in [-0.3, -0.25) is 4.79 Å². The summed E-state index contributed by atoms with van der Waals surface area (Å²) in [6.45, 7) is 10.4. The Morgan fingerprint density at radius 3 is 2.72 bits per heavy atom. The van der Waals surface area contributed by atoms with Gasteiger partial charge in [0.25, 0.3) is 0 Å². The molecule has 1 aromatic rings. The average Bonchev–Trinajstić information content (AvgIpc) is 3.25. The van der Waals surface area contributed by atoms with Crippen LogP contribution in [0.25, 0.3) is 0 Å². The van der Waals surface area contributed by atoms with E-state index in [9.17, 15) is 14.9 Å². The van der Waals surface area contributed by atoms with E-state index in [4.69, 9.17) is 9.15 Å².